The van der Waals surface area contributed by atoms with Crippen molar-refractivity contribution in [3.8, 4) is 0 Å². The number of hydrogen-bond donors (Lipinski definition) is 0. The van der Waals surface area contributed by atoms with Gasteiger partial charge >= 0.3 is 160 Å². The molecule has 134 valence electrons. The molecule has 0 spiro atoms. The van der Waals surface area contributed by atoms with Gasteiger partial charge in [0.1, 0.15) is 0 Å². The van der Waals surface area contributed by atoms with Crippen molar-refractivity contribution in [2.45, 2.75) is 16.6 Å². The summed E-state index contributed by atoms with van der Waals surface area (Å²) in [7, 11) is 0. The van der Waals surface area contributed by atoms with Gasteiger partial charge in [0, 0.05) is 0 Å². The Morgan fingerprint density at radius 2 is 1.70 bits per heavy atom. The van der Waals surface area contributed by atoms with E-state index in [1.54, 1.807) is 3.28 Å². The molecule has 0 N–H and O–H groups in total. The number of rotatable bonds is 3. The molecule has 1 aromatic heterocycles. The number of fused-ring (bicyclic) bond motifs is 2. The fraction of sp³-hybridized carbons (Fsp3) is 0.130. The zero-order chi connectivity index (χ0) is 16.9. The molecule has 1 nitrogen and oxygen atoms in total. The van der Waals surface area contributed by atoms with Crippen LogP contribution in [-0.2, 0) is 26.5 Å². The van der Waals surface area contributed by atoms with Crippen molar-refractivity contribution in [2.75, 3.05) is 0 Å². The fourth-order valence-electron chi connectivity index (χ4n) is 4.05. The molecule has 3 aromatic rings. The van der Waals surface area contributed by atoms with Gasteiger partial charge in [0.15, 0.2) is 0 Å². The monoisotopic (exact) mass is 469 g/mol. The minimum Gasteiger partial charge on any atom is -1.00 e. The van der Waals surface area contributed by atoms with Gasteiger partial charge in [-0.2, -0.15) is 0 Å². The van der Waals surface area contributed by atoms with E-state index in [1.165, 1.54) is 27.6 Å². The Labute approximate surface area is 184 Å². The molecular formula is C23H19Cl2NZr. The summed E-state index contributed by atoms with van der Waals surface area (Å²) in [6, 6.07) is 20.0. The first-order valence-corrected chi connectivity index (χ1v) is 11.2. The second-order valence-corrected chi connectivity index (χ2v) is 10.8. The standard InChI is InChI=1S/C17H12N.C6H7.2ClH.Zr/c1-3-7-15-13(5-1)9-10-17(15)18-12-11-14-6-2-4-8-16(14)18;1-6-4-2-3-5-6;;;/h1-12H;2,4H,3H2,1H3;2*1H;/q;;;;+2/p-2. The average Bonchev–Trinajstić information content (AvgIpc) is 3.34. The van der Waals surface area contributed by atoms with Gasteiger partial charge in [-0.15, -0.1) is 0 Å². The normalized spacial score (nSPS) is 19.6. The Balaban J connectivity index is 0.00000105. The molecule has 5 rings (SSSR count). The van der Waals surface area contributed by atoms with Crippen LogP contribution >= 0.6 is 0 Å². The number of nitrogens with zero attached hydrogens (tertiary/aromatic N) is 1. The summed E-state index contributed by atoms with van der Waals surface area (Å²) in [6.45, 7) is 2.28. The fourth-order valence-corrected chi connectivity index (χ4v) is 8.49. The van der Waals surface area contributed by atoms with E-state index in [0.29, 0.717) is 0 Å². The Morgan fingerprint density at radius 1 is 0.926 bits per heavy atom. The average molecular weight is 472 g/mol. The van der Waals surface area contributed by atoms with Gasteiger partial charge in [0.25, 0.3) is 0 Å². The summed E-state index contributed by atoms with van der Waals surface area (Å²) in [5.41, 5.74) is 5.70. The van der Waals surface area contributed by atoms with E-state index in [9.17, 15) is 0 Å². The third-order valence-electron chi connectivity index (χ3n) is 5.36. The molecule has 4 heteroatoms. The maximum Gasteiger partial charge on any atom is -1.00 e. The Hall–Kier alpha value is -1.34. The molecule has 0 saturated heterocycles. The summed E-state index contributed by atoms with van der Waals surface area (Å²) in [5.74, 6) is 0. The molecule has 0 aliphatic heterocycles. The number of halogens is 2. The Kier molecular flexibility index (Phi) is 6.01. The summed E-state index contributed by atoms with van der Waals surface area (Å²) in [4.78, 5) is 0. The van der Waals surface area contributed by atoms with Crippen LogP contribution in [0, 0.1) is 0 Å². The van der Waals surface area contributed by atoms with Crippen molar-refractivity contribution in [1.29, 1.82) is 0 Å². The zero-order valence-corrected chi connectivity index (χ0v) is 19.0. The molecule has 0 saturated carbocycles. The number of para-hydroxylation sites is 1. The van der Waals surface area contributed by atoms with Crippen molar-refractivity contribution in [2.24, 2.45) is 0 Å². The van der Waals surface area contributed by atoms with Crippen molar-refractivity contribution < 1.29 is 48.0 Å². The first kappa shape index (κ1) is 20.4. The molecule has 0 bridgehead atoms. The SMILES string of the molecule is CC1=[C]([Zr+2][C]2(n3ccc4ccccc43)C=Cc3ccccc32)CC=C1.[Cl-].[Cl-]. The van der Waals surface area contributed by atoms with Crippen LogP contribution in [0.15, 0.2) is 87.9 Å². The number of aromatic nitrogens is 1. The molecular weight excluding hydrogens is 452 g/mol. The number of allylic oxidation sites excluding steroid dienone is 5. The summed E-state index contributed by atoms with van der Waals surface area (Å²) in [5, 5.41) is 1.33. The van der Waals surface area contributed by atoms with Crippen molar-refractivity contribution in [3.63, 3.8) is 0 Å². The van der Waals surface area contributed by atoms with Crippen LogP contribution in [0.5, 0.6) is 0 Å². The third-order valence-corrected chi connectivity index (χ3v) is 10.2. The van der Waals surface area contributed by atoms with Crippen LogP contribution in [0.3, 0.4) is 0 Å². The van der Waals surface area contributed by atoms with E-state index in [0.717, 1.165) is 6.42 Å². The molecule has 27 heavy (non-hydrogen) atoms. The summed E-state index contributed by atoms with van der Waals surface area (Å²) < 4.78 is 4.30. The molecule has 0 fully saturated rings. The van der Waals surface area contributed by atoms with Crippen LogP contribution in [0.25, 0.3) is 17.0 Å². The minimum absolute atomic E-state index is 0. The van der Waals surface area contributed by atoms with Gasteiger partial charge in [0.2, 0.25) is 0 Å². The topological polar surface area (TPSA) is 4.93 Å². The van der Waals surface area contributed by atoms with Crippen LogP contribution in [-0.4, -0.2) is 4.57 Å². The molecule has 2 aromatic carbocycles. The second kappa shape index (κ2) is 7.96. The smallest absolute Gasteiger partial charge is 1.00 e. The van der Waals surface area contributed by atoms with Gasteiger partial charge in [0.05, 0.1) is 0 Å². The predicted molar refractivity (Wildman–Crippen MR) is 101 cm³/mol. The third kappa shape index (κ3) is 3.23. The summed E-state index contributed by atoms with van der Waals surface area (Å²) in [6.07, 6.45) is 12.9. The molecule has 1 heterocycles. The van der Waals surface area contributed by atoms with Crippen LogP contribution < -0.4 is 24.8 Å². The van der Waals surface area contributed by atoms with Crippen molar-refractivity contribution >= 4 is 17.0 Å². The predicted octanol–water partition coefficient (Wildman–Crippen LogP) is -0.306. The Morgan fingerprint density at radius 3 is 2.52 bits per heavy atom. The van der Waals surface area contributed by atoms with E-state index >= 15 is 0 Å². The number of benzene rings is 2. The van der Waals surface area contributed by atoms with Crippen LogP contribution in [0.4, 0.5) is 0 Å². The molecule has 0 radical (unpaired) electrons. The van der Waals surface area contributed by atoms with E-state index < -0.39 is 23.2 Å². The maximum absolute atomic E-state index is 2.55. The Bertz CT molecular complexity index is 1080. The van der Waals surface area contributed by atoms with E-state index in [-0.39, 0.29) is 28.1 Å². The van der Waals surface area contributed by atoms with Crippen molar-refractivity contribution in [1.82, 2.24) is 4.57 Å². The van der Waals surface area contributed by atoms with Crippen molar-refractivity contribution in [3.05, 3.63) is 99.0 Å². The molecule has 1 atom stereocenters. The number of hydrogen-bond acceptors (Lipinski definition) is 0. The zero-order valence-electron chi connectivity index (χ0n) is 15.0. The van der Waals surface area contributed by atoms with Gasteiger partial charge in [-0.25, -0.2) is 0 Å². The minimum atomic E-state index is -0.919. The second-order valence-electron chi connectivity index (χ2n) is 6.82. The largest absolute Gasteiger partial charge is 1.00 e. The van der Waals surface area contributed by atoms with Gasteiger partial charge in [-0.05, 0) is 0 Å². The quantitative estimate of drug-likeness (QED) is 0.494. The first-order chi connectivity index (χ1) is 12.3. The summed E-state index contributed by atoms with van der Waals surface area (Å²) >= 11 is -0.919. The molecule has 2 aliphatic rings. The van der Waals surface area contributed by atoms with E-state index in [2.05, 4.69) is 96.6 Å². The van der Waals surface area contributed by atoms with Gasteiger partial charge in [-0.1, -0.05) is 0 Å². The molecule has 0 amide bonds. The maximum atomic E-state index is 2.55. The van der Waals surface area contributed by atoms with E-state index in [4.69, 9.17) is 0 Å². The van der Waals surface area contributed by atoms with Crippen LogP contribution in [0.2, 0.25) is 0 Å². The van der Waals surface area contributed by atoms with Gasteiger partial charge in [-0.3, -0.25) is 0 Å². The van der Waals surface area contributed by atoms with Gasteiger partial charge < -0.3 is 24.8 Å². The molecule has 2 aliphatic carbocycles. The van der Waals surface area contributed by atoms with Crippen LogP contribution in [0.1, 0.15) is 24.5 Å². The van der Waals surface area contributed by atoms with E-state index in [1.807, 2.05) is 0 Å². The molecule has 1 unspecified atom stereocenters. The first-order valence-electron chi connectivity index (χ1n) is 8.78.